The smallest absolute Gasteiger partial charge is 0.228 e. The maximum atomic E-state index is 11.4. The third kappa shape index (κ3) is 1.72. The Morgan fingerprint density at radius 3 is 3.07 bits per heavy atom. The molecule has 0 atom stereocenters. The Morgan fingerprint density at radius 2 is 2.33 bits per heavy atom. The standard InChI is InChI=1S/C11H8N2O2/c12-4-3-10(14)8-2-1-7-6-11(15)13-9(7)5-8/h1-2,5H,3,6H2,(H,13,15). The van der Waals surface area contributed by atoms with Crippen molar-refractivity contribution in [2.24, 2.45) is 0 Å². The molecule has 1 aliphatic heterocycles. The molecule has 15 heavy (non-hydrogen) atoms. The van der Waals surface area contributed by atoms with Gasteiger partial charge in [-0.05, 0) is 11.6 Å². The molecule has 4 heteroatoms. The van der Waals surface area contributed by atoms with Gasteiger partial charge < -0.3 is 5.32 Å². The van der Waals surface area contributed by atoms with Gasteiger partial charge in [-0.15, -0.1) is 0 Å². The SMILES string of the molecule is N#CCC(=O)c1ccc2c(c1)NC(=O)C2. The lowest BCUT2D eigenvalue weighted by Gasteiger charge is -2.01. The lowest BCUT2D eigenvalue weighted by atomic mass is 10.0. The van der Waals surface area contributed by atoms with Crippen LogP contribution in [0.2, 0.25) is 0 Å². The normalized spacial score (nSPS) is 12.9. The Labute approximate surface area is 86.5 Å². The number of nitrogens with one attached hydrogen (secondary N) is 1. The molecule has 1 heterocycles. The molecule has 0 aromatic heterocycles. The van der Waals surface area contributed by atoms with Crippen LogP contribution < -0.4 is 5.32 Å². The van der Waals surface area contributed by atoms with Crippen LogP contribution in [0.1, 0.15) is 22.3 Å². The van der Waals surface area contributed by atoms with Crippen LogP contribution in [0.4, 0.5) is 5.69 Å². The minimum atomic E-state index is -0.221. The first-order chi connectivity index (χ1) is 7.20. The van der Waals surface area contributed by atoms with Crippen LogP contribution in [0.15, 0.2) is 18.2 Å². The molecule has 1 amide bonds. The van der Waals surface area contributed by atoms with Gasteiger partial charge in [0.15, 0.2) is 5.78 Å². The molecule has 1 aromatic rings. The van der Waals surface area contributed by atoms with E-state index in [-0.39, 0.29) is 18.1 Å². The first kappa shape index (κ1) is 9.41. The van der Waals surface area contributed by atoms with Gasteiger partial charge in [-0.25, -0.2) is 0 Å². The predicted molar refractivity (Wildman–Crippen MR) is 53.3 cm³/mol. The van der Waals surface area contributed by atoms with E-state index in [4.69, 9.17) is 5.26 Å². The van der Waals surface area contributed by atoms with Gasteiger partial charge >= 0.3 is 0 Å². The van der Waals surface area contributed by atoms with Crippen molar-refractivity contribution in [1.29, 1.82) is 5.26 Å². The number of nitrogens with zero attached hydrogens (tertiary/aromatic N) is 1. The number of anilines is 1. The summed E-state index contributed by atoms with van der Waals surface area (Å²) in [6.07, 6.45) is 0.231. The van der Waals surface area contributed by atoms with Crippen molar-refractivity contribution in [3.8, 4) is 6.07 Å². The summed E-state index contributed by atoms with van der Waals surface area (Å²) in [7, 11) is 0. The number of ketones is 1. The fraction of sp³-hybridized carbons (Fsp3) is 0.182. The van der Waals surface area contributed by atoms with Gasteiger partial charge in [0.05, 0.1) is 18.9 Å². The van der Waals surface area contributed by atoms with Crippen molar-refractivity contribution in [2.45, 2.75) is 12.8 Å². The topological polar surface area (TPSA) is 70.0 Å². The van der Waals surface area contributed by atoms with E-state index in [0.717, 1.165) is 5.56 Å². The molecule has 2 rings (SSSR count). The Morgan fingerprint density at radius 1 is 1.53 bits per heavy atom. The highest BCUT2D eigenvalue weighted by atomic mass is 16.1. The van der Waals surface area contributed by atoms with Gasteiger partial charge in [0.2, 0.25) is 5.91 Å². The highest BCUT2D eigenvalue weighted by Crippen LogP contribution is 2.24. The summed E-state index contributed by atoms with van der Waals surface area (Å²) in [5.74, 6) is -0.281. The second-order valence-electron chi connectivity index (χ2n) is 3.35. The highest BCUT2D eigenvalue weighted by Gasteiger charge is 2.18. The van der Waals surface area contributed by atoms with Gasteiger partial charge in [0.25, 0.3) is 0 Å². The maximum Gasteiger partial charge on any atom is 0.228 e. The molecule has 1 aliphatic rings. The van der Waals surface area contributed by atoms with Gasteiger partial charge in [0.1, 0.15) is 0 Å². The van der Waals surface area contributed by atoms with Crippen LogP contribution in [-0.2, 0) is 11.2 Å². The summed E-state index contributed by atoms with van der Waals surface area (Å²) >= 11 is 0. The van der Waals surface area contributed by atoms with Crippen LogP contribution in [0.5, 0.6) is 0 Å². The number of nitriles is 1. The van der Waals surface area contributed by atoms with E-state index in [0.29, 0.717) is 17.7 Å². The first-order valence-corrected chi connectivity index (χ1v) is 4.53. The molecule has 1 aromatic carbocycles. The number of fused-ring (bicyclic) bond motifs is 1. The average Bonchev–Trinajstić information content (AvgIpc) is 2.57. The fourth-order valence-electron chi connectivity index (χ4n) is 1.56. The van der Waals surface area contributed by atoms with Crippen molar-refractivity contribution >= 4 is 17.4 Å². The summed E-state index contributed by atoms with van der Waals surface area (Å²) in [5, 5.41) is 11.1. The maximum absolute atomic E-state index is 11.4. The molecule has 4 nitrogen and oxygen atoms in total. The summed E-state index contributed by atoms with van der Waals surface area (Å²) in [4.78, 5) is 22.4. The number of hydrogen-bond donors (Lipinski definition) is 1. The Bertz CT molecular complexity index is 486. The molecule has 74 valence electrons. The zero-order valence-electron chi connectivity index (χ0n) is 7.91. The van der Waals surface area contributed by atoms with Crippen molar-refractivity contribution in [1.82, 2.24) is 0 Å². The van der Waals surface area contributed by atoms with Gasteiger partial charge in [-0.3, -0.25) is 9.59 Å². The third-order valence-corrected chi connectivity index (χ3v) is 2.30. The number of amides is 1. The number of rotatable bonds is 2. The monoisotopic (exact) mass is 200 g/mol. The summed E-state index contributed by atoms with van der Waals surface area (Å²) in [6.45, 7) is 0. The molecule has 0 radical (unpaired) electrons. The Kier molecular flexibility index (Phi) is 2.22. The number of hydrogen-bond acceptors (Lipinski definition) is 3. The molecular formula is C11H8N2O2. The quantitative estimate of drug-likeness (QED) is 0.731. The molecule has 0 saturated heterocycles. The Hall–Kier alpha value is -2.15. The van der Waals surface area contributed by atoms with E-state index in [1.54, 1.807) is 24.3 Å². The van der Waals surface area contributed by atoms with Gasteiger partial charge in [-0.2, -0.15) is 5.26 Å². The van der Waals surface area contributed by atoms with E-state index in [1.807, 2.05) is 0 Å². The molecular weight excluding hydrogens is 192 g/mol. The number of carbonyl (C=O) groups is 2. The minimum Gasteiger partial charge on any atom is -0.326 e. The van der Waals surface area contributed by atoms with E-state index >= 15 is 0 Å². The second-order valence-corrected chi connectivity index (χ2v) is 3.35. The second kappa shape index (κ2) is 3.54. The zero-order valence-corrected chi connectivity index (χ0v) is 7.91. The summed E-state index contributed by atoms with van der Waals surface area (Å²) < 4.78 is 0. The minimum absolute atomic E-state index is 0.0603. The van der Waals surface area contributed by atoms with Gasteiger partial charge in [-0.1, -0.05) is 12.1 Å². The number of benzene rings is 1. The van der Waals surface area contributed by atoms with Gasteiger partial charge in [0, 0.05) is 11.3 Å². The summed E-state index contributed by atoms with van der Waals surface area (Å²) in [6, 6.07) is 6.83. The van der Waals surface area contributed by atoms with Crippen LogP contribution >= 0.6 is 0 Å². The van der Waals surface area contributed by atoms with E-state index in [2.05, 4.69) is 5.32 Å². The zero-order chi connectivity index (χ0) is 10.8. The van der Waals surface area contributed by atoms with Crippen LogP contribution in [0, 0.1) is 11.3 Å². The predicted octanol–water partition coefficient (Wildman–Crippen LogP) is 1.28. The van der Waals surface area contributed by atoms with Crippen LogP contribution in [0.3, 0.4) is 0 Å². The van der Waals surface area contributed by atoms with Crippen molar-refractivity contribution in [3.63, 3.8) is 0 Å². The number of Topliss-reactive ketones (excluding diaryl/α,β-unsaturated/α-hetero) is 1. The Balaban J connectivity index is 2.32. The molecule has 0 saturated carbocycles. The van der Waals surface area contributed by atoms with E-state index in [9.17, 15) is 9.59 Å². The molecule has 0 bridgehead atoms. The van der Waals surface area contributed by atoms with Crippen molar-refractivity contribution in [2.75, 3.05) is 5.32 Å². The molecule has 0 aliphatic carbocycles. The fourth-order valence-corrected chi connectivity index (χ4v) is 1.56. The third-order valence-electron chi connectivity index (χ3n) is 2.30. The van der Waals surface area contributed by atoms with Crippen LogP contribution in [0.25, 0.3) is 0 Å². The molecule has 1 N–H and O–H groups in total. The lowest BCUT2D eigenvalue weighted by Crippen LogP contribution is -2.04. The number of carbonyl (C=O) groups excluding carboxylic acids is 2. The summed E-state index contributed by atoms with van der Waals surface area (Å²) in [5.41, 5.74) is 2.05. The lowest BCUT2D eigenvalue weighted by molar-refractivity contribution is -0.115. The largest absolute Gasteiger partial charge is 0.326 e. The van der Waals surface area contributed by atoms with E-state index < -0.39 is 0 Å². The highest BCUT2D eigenvalue weighted by molar-refractivity contribution is 6.03. The molecule has 0 fully saturated rings. The first-order valence-electron chi connectivity index (χ1n) is 4.53. The van der Waals surface area contributed by atoms with Crippen LogP contribution in [-0.4, -0.2) is 11.7 Å². The molecule has 0 unspecified atom stereocenters. The van der Waals surface area contributed by atoms with Crippen molar-refractivity contribution in [3.05, 3.63) is 29.3 Å². The average molecular weight is 200 g/mol. The van der Waals surface area contributed by atoms with Crippen molar-refractivity contribution < 1.29 is 9.59 Å². The molecule has 0 spiro atoms. The van der Waals surface area contributed by atoms with E-state index in [1.165, 1.54) is 0 Å².